The van der Waals surface area contributed by atoms with E-state index in [1.807, 2.05) is 4.90 Å². The summed E-state index contributed by atoms with van der Waals surface area (Å²) in [6, 6.07) is 6.75. The maximum atomic E-state index is 12.8. The molecule has 0 saturated carbocycles. The fourth-order valence-electron chi connectivity index (χ4n) is 4.06. The summed E-state index contributed by atoms with van der Waals surface area (Å²) in [6.07, 6.45) is 4.40. The van der Waals surface area contributed by atoms with Crippen molar-refractivity contribution < 1.29 is 18.1 Å². The molecule has 0 aromatic heterocycles. The molecule has 6 nitrogen and oxygen atoms in total. The monoisotopic (exact) mass is 414 g/mol. The summed E-state index contributed by atoms with van der Waals surface area (Å²) in [7, 11) is -3.53. The maximum Gasteiger partial charge on any atom is 0.278 e. The number of quaternary nitrogens is 1. The minimum Gasteiger partial charge on any atom is -0.335 e. The molecule has 1 aromatic rings. The summed E-state index contributed by atoms with van der Waals surface area (Å²) < 4.78 is 27.1. The number of nitrogens with one attached hydrogen (secondary N) is 1. The van der Waals surface area contributed by atoms with E-state index in [4.69, 9.17) is 11.6 Å². The van der Waals surface area contributed by atoms with Crippen molar-refractivity contribution in [3.05, 3.63) is 29.3 Å². The number of likely N-dealkylation sites (tertiary alicyclic amines) is 1. The lowest BCUT2D eigenvalue weighted by molar-refractivity contribution is -0.896. The number of hydrogen-bond donors (Lipinski definition) is 1. The quantitative estimate of drug-likeness (QED) is 0.782. The molecule has 1 aromatic carbocycles. The van der Waals surface area contributed by atoms with E-state index in [2.05, 4.69) is 6.92 Å². The molecule has 150 valence electrons. The molecule has 27 heavy (non-hydrogen) atoms. The zero-order valence-corrected chi connectivity index (χ0v) is 17.4. The van der Waals surface area contributed by atoms with Crippen LogP contribution in [0.15, 0.2) is 29.2 Å². The third-order valence-electron chi connectivity index (χ3n) is 5.68. The molecule has 1 N–H and O–H groups in total. The number of amides is 1. The second-order valence-electron chi connectivity index (χ2n) is 7.43. The third kappa shape index (κ3) is 4.83. The van der Waals surface area contributed by atoms with Crippen LogP contribution in [-0.4, -0.2) is 68.8 Å². The number of rotatable bonds is 5. The molecule has 2 heterocycles. The van der Waals surface area contributed by atoms with Gasteiger partial charge in [-0.3, -0.25) is 4.79 Å². The number of halogens is 1. The average Bonchev–Trinajstić information content (AvgIpc) is 2.68. The molecule has 2 aliphatic rings. The maximum absolute atomic E-state index is 12.8. The van der Waals surface area contributed by atoms with Gasteiger partial charge in [-0.15, -0.1) is 0 Å². The van der Waals surface area contributed by atoms with E-state index in [9.17, 15) is 13.2 Å². The fourth-order valence-corrected chi connectivity index (χ4v) is 5.81. The largest absolute Gasteiger partial charge is 0.335 e. The molecular formula is C19H29ClN3O3S+. The smallest absolute Gasteiger partial charge is 0.278 e. The van der Waals surface area contributed by atoms with Gasteiger partial charge in [-0.1, -0.05) is 24.6 Å². The van der Waals surface area contributed by atoms with E-state index >= 15 is 0 Å². The Kier molecular flexibility index (Phi) is 6.78. The van der Waals surface area contributed by atoms with Crippen molar-refractivity contribution in [1.82, 2.24) is 9.21 Å². The Balaban J connectivity index is 1.56. The molecule has 0 unspecified atom stereocenters. The number of piperidine rings is 1. The normalized spacial score (nSPS) is 22.7. The molecule has 2 aliphatic heterocycles. The number of piperazine rings is 1. The Morgan fingerprint density at radius 1 is 1.22 bits per heavy atom. The van der Waals surface area contributed by atoms with Crippen LogP contribution in [0, 0.1) is 0 Å². The number of nitrogens with zero attached hydrogens (tertiary/aromatic N) is 2. The molecule has 3 rings (SSSR count). The summed E-state index contributed by atoms with van der Waals surface area (Å²) in [4.78, 5) is 16.2. The van der Waals surface area contributed by atoms with Gasteiger partial charge in [0.25, 0.3) is 5.91 Å². The summed E-state index contributed by atoms with van der Waals surface area (Å²) in [5, 5.41) is 0.415. The van der Waals surface area contributed by atoms with Crippen LogP contribution in [0.1, 0.15) is 32.6 Å². The van der Waals surface area contributed by atoms with E-state index < -0.39 is 10.0 Å². The number of benzene rings is 1. The molecule has 2 fully saturated rings. The molecule has 0 aliphatic carbocycles. The third-order valence-corrected chi connectivity index (χ3v) is 7.81. The van der Waals surface area contributed by atoms with Crippen LogP contribution in [0.4, 0.5) is 0 Å². The number of carbonyl (C=O) groups excluding carboxylic acids is 1. The first-order valence-electron chi connectivity index (χ1n) is 9.80. The van der Waals surface area contributed by atoms with Gasteiger partial charge < -0.3 is 9.80 Å². The summed E-state index contributed by atoms with van der Waals surface area (Å²) in [5.41, 5.74) is 0. The highest BCUT2D eigenvalue weighted by Crippen LogP contribution is 2.20. The lowest BCUT2D eigenvalue weighted by atomic mass is 10.00. The van der Waals surface area contributed by atoms with Crippen molar-refractivity contribution in [1.29, 1.82) is 0 Å². The zero-order valence-electron chi connectivity index (χ0n) is 15.9. The van der Waals surface area contributed by atoms with E-state index in [1.54, 1.807) is 18.2 Å². The lowest BCUT2D eigenvalue weighted by Gasteiger charge is -2.37. The van der Waals surface area contributed by atoms with Crippen LogP contribution >= 0.6 is 11.6 Å². The van der Waals surface area contributed by atoms with E-state index in [1.165, 1.54) is 16.8 Å². The Morgan fingerprint density at radius 3 is 2.63 bits per heavy atom. The van der Waals surface area contributed by atoms with Crippen LogP contribution in [0.5, 0.6) is 0 Å². The van der Waals surface area contributed by atoms with E-state index in [0.717, 1.165) is 30.7 Å². The minimum atomic E-state index is -3.53. The molecule has 2 saturated heterocycles. The summed E-state index contributed by atoms with van der Waals surface area (Å²) >= 11 is 5.94. The van der Waals surface area contributed by atoms with Gasteiger partial charge in [0, 0.05) is 17.6 Å². The number of carbonyl (C=O) groups is 1. The lowest BCUT2D eigenvalue weighted by Crippen LogP contribution is -3.15. The van der Waals surface area contributed by atoms with Gasteiger partial charge in [0.1, 0.15) is 0 Å². The van der Waals surface area contributed by atoms with Crippen LogP contribution in [0.25, 0.3) is 0 Å². The van der Waals surface area contributed by atoms with E-state index in [0.29, 0.717) is 43.8 Å². The first-order valence-corrected chi connectivity index (χ1v) is 11.6. The van der Waals surface area contributed by atoms with Crippen molar-refractivity contribution in [2.24, 2.45) is 0 Å². The SMILES string of the molecule is CC[C@H]1CCCCN1C(=O)C[NH+]1CCN(S(=O)(=O)c2cccc(Cl)c2)CC1. The van der Waals surface area contributed by atoms with Crippen LogP contribution in [-0.2, 0) is 14.8 Å². The van der Waals surface area contributed by atoms with Gasteiger partial charge >= 0.3 is 0 Å². The van der Waals surface area contributed by atoms with Crippen molar-refractivity contribution in [2.45, 2.75) is 43.5 Å². The highest BCUT2D eigenvalue weighted by molar-refractivity contribution is 7.89. The molecule has 8 heteroatoms. The Labute approximate surface area is 167 Å². The van der Waals surface area contributed by atoms with Crippen molar-refractivity contribution in [3.8, 4) is 0 Å². The number of hydrogen-bond acceptors (Lipinski definition) is 3. The van der Waals surface area contributed by atoms with Gasteiger partial charge in [-0.05, 0) is 43.9 Å². The highest BCUT2D eigenvalue weighted by Gasteiger charge is 2.33. The second-order valence-corrected chi connectivity index (χ2v) is 9.81. The van der Waals surface area contributed by atoms with Crippen molar-refractivity contribution in [2.75, 3.05) is 39.3 Å². The molecule has 0 spiro atoms. The van der Waals surface area contributed by atoms with Crippen molar-refractivity contribution in [3.63, 3.8) is 0 Å². The molecule has 0 radical (unpaired) electrons. The summed E-state index contributed by atoms with van der Waals surface area (Å²) in [6.45, 7) is 5.61. The van der Waals surface area contributed by atoms with Gasteiger partial charge in [-0.2, -0.15) is 4.31 Å². The summed E-state index contributed by atoms with van der Waals surface area (Å²) in [5.74, 6) is 0.211. The Bertz CT molecular complexity index is 763. The Morgan fingerprint density at radius 2 is 1.96 bits per heavy atom. The van der Waals surface area contributed by atoms with Crippen LogP contribution in [0.2, 0.25) is 5.02 Å². The first-order chi connectivity index (χ1) is 12.9. The van der Waals surface area contributed by atoms with E-state index in [-0.39, 0.29) is 10.8 Å². The standard InChI is InChI=1S/C19H28ClN3O3S/c1-2-17-7-3-4-9-23(17)19(24)15-21-10-12-22(13-11-21)27(25,26)18-8-5-6-16(20)14-18/h5-6,8,14,17H,2-4,7,9-13,15H2,1H3/p+1/t17-/m0/s1. The van der Waals surface area contributed by atoms with Gasteiger partial charge in [0.15, 0.2) is 6.54 Å². The fraction of sp³-hybridized carbons (Fsp3) is 0.632. The molecule has 1 amide bonds. The van der Waals surface area contributed by atoms with Crippen LogP contribution < -0.4 is 4.90 Å². The predicted octanol–water partition coefficient (Wildman–Crippen LogP) is 1.02. The topological polar surface area (TPSA) is 62.1 Å². The van der Waals surface area contributed by atoms with Gasteiger partial charge in [-0.25, -0.2) is 8.42 Å². The van der Waals surface area contributed by atoms with Gasteiger partial charge in [0.2, 0.25) is 10.0 Å². The molecule has 0 bridgehead atoms. The zero-order chi connectivity index (χ0) is 19.4. The van der Waals surface area contributed by atoms with Gasteiger partial charge in [0.05, 0.1) is 31.1 Å². The molecule has 1 atom stereocenters. The minimum absolute atomic E-state index is 0.211. The Hall–Kier alpha value is -1.15. The molecular weight excluding hydrogens is 386 g/mol. The first kappa shape index (κ1) is 20.6. The number of sulfonamides is 1. The second kappa shape index (κ2) is 8.90. The van der Waals surface area contributed by atoms with Crippen LogP contribution in [0.3, 0.4) is 0 Å². The average molecular weight is 415 g/mol. The van der Waals surface area contributed by atoms with Crippen molar-refractivity contribution >= 4 is 27.5 Å². The highest BCUT2D eigenvalue weighted by atomic mass is 35.5. The predicted molar refractivity (Wildman–Crippen MR) is 105 cm³/mol.